The summed E-state index contributed by atoms with van der Waals surface area (Å²) in [5, 5.41) is 12.2. The molecule has 1 aliphatic carbocycles. The largest absolute Gasteiger partial charge is 0.324 e. The van der Waals surface area contributed by atoms with Crippen LogP contribution in [0.25, 0.3) is 0 Å². The molecule has 3 nitrogen and oxygen atoms in total. The highest BCUT2D eigenvalue weighted by atomic mass is 15.0. The Balaban J connectivity index is 2.33. The molecule has 0 radical (unpaired) electrons. The Labute approximate surface area is 80.3 Å². The summed E-state index contributed by atoms with van der Waals surface area (Å²) in [6, 6.07) is 2.72. The maximum atomic E-state index is 8.84. The highest BCUT2D eigenvalue weighted by molar-refractivity contribution is 4.97. The van der Waals surface area contributed by atoms with Gasteiger partial charge in [0.15, 0.2) is 0 Å². The SMILES string of the molecule is CC(C)(N)CNC1CCCC1C#N. The Kier molecular flexibility index (Phi) is 3.29. The van der Waals surface area contributed by atoms with Crippen LogP contribution in [0.5, 0.6) is 0 Å². The number of hydrogen-bond acceptors (Lipinski definition) is 3. The quantitative estimate of drug-likeness (QED) is 0.683. The van der Waals surface area contributed by atoms with Crippen LogP contribution >= 0.6 is 0 Å². The van der Waals surface area contributed by atoms with E-state index in [4.69, 9.17) is 11.0 Å². The molecule has 74 valence electrons. The molecule has 0 aliphatic heterocycles. The number of rotatable bonds is 3. The van der Waals surface area contributed by atoms with Crippen LogP contribution < -0.4 is 11.1 Å². The van der Waals surface area contributed by atoms with Gasteiger partial charge in [-0.3, -0.25) is 0 Å². The molecule has 0 heterocycles. The molecule has 0 aromatic carbocycles. The molecule has 3 heteroatoms. The van der Waals surface area contributed by atoms with Crippen LogP contribution in [0.1, 0.15) is 33.1 Å². The van der Waals surface area contributed by atoms with Crippen molar-refractivity contribution in [3.8, 4) is 6.07 Å². The van der Waals surface area contributed by atoms with Crippen molar-refractivity contribution in [3.63, 3.8) is 0 Å². The van der Waals surface area contributed by atoms with Gasteiger partial charge in [0.2, 0.25) is 0 Å². The molecular weight excluding hydrogens is 162 g/mol. The number of nitrogens with one attached hydrogen (secondary N) is 1. The third kappa shape index (κ3) is 3.33. The standard InChI is InChI=1S/C10H19N3/c1-10(2,12)7-13-9-5-3-4-8(9)6-11/h8-9,13H,3-5,7,12H2,1-2H3. The monoisotopic (exact) mass is 181 g/mol. The zero-order valence-corrected chi connectivity index (χ0v) is 8.51. The molecule has 2 atom stereocenters. The lowest BCUT2D eigenvalue weighted by Crippen LogP contribution is -2.47. The second-order valence-electron chi connectivity index (χ2n) is 4.64. The molecule has 0 amide bonds. The molecule has 13 heavy (non-hydrogen) atoms. The Morgan fingerprint density at radius 2 is 2.23 bits per heavy atom. The maximum Gasteiger partial charge on any atom is 0.0672 e. The summed E-state index contributed by atoms with van der Waals surface area (Å²) in [5.41, 5.74) is 5.68. The molecule has 2 unspecified atom stereocenters. The fraction of sp³-hybridized carbons (Fsp3) is 0.900. The first-order chi connectivity index (χ1) is 6.03. The highest BCUT2D eigenvalue weighted by Gasteiger charge is 2.27. The van der Waals surface area contributed by atoms with Crippen molar-refractivity contribution in [1.29, 1.82) is 5.26 Å². The van der Waals surface area contributed by atoms with E-state index in [2.05, 4.69) is 11.4 Å². The van der Waals surface area contributed by atoms with E-state index in [1.54, 1.807) is 0 Å². The van der Waals surface area contributed by atoms with E-state index in [0.29, 0.717) is 6.04 Å². The Bertz CT molecular complexity index is 199. The average Bonchev–Trinajstić information content (AvgIpc) is 2.46. The van der Waals surface area contributed by atoms with E-state index in [9.17, 15) is 0 Å². The Morgan fingerprint density at radius 1 is 1.54 bits per heavy atom. The normalized spacial score (nSPS) is 28.8. The first-order valence-electron chi connectivity index (χ1n) is 4.95. The summed E-state index contributed by atoms with van der Waals surface area (Å²) in [6.45, 7) is 4.78. The van der Waals surface area contributed by atoms with Gasteiger partial charge in [0, 0.05) is 18.1 Å². The van der Waals surface area contributed by atoms with Crippen LogP contribution in [-0.2, 0) is 0 Å². The van der Waals surface area contributed by atoms with Crippen LogP contribution in [0.4, 0.5) is 0 Å². The van der Waals surface area contributed by atoms with Crippen LogP contribution in [0.2, 0.25) is 0 Å². The van der Waals surface area contributed by atoms with E-state index in [1.165, 1.54) is 6.42 Å². The average molecular weight is 181 g/mol. The summed E-state index contributed by atoms with van der Waals surface area (Å²) in [6.07, 6.45) is 3.33. The zero-order valence-electron chi connectivity index (χ0n) is 8.51. The minimum absolute atomic E-state index is 0.178. The van der Waals surface area contributed by atoms with E-state index in [0.717, 1.165) is 19.4 Å². The van der Waals surface area contributed by atoms with Crippen LogP contribution in [-0.4, -0.2) is 18.1 Å². The van der Waals surface area contributed by atoms with Crippen molar-refractivity contribution in [2.75, 3.05) is 6.54 Å². The van der Waals surface area contributed by atoms with Crippen molar-refractivity contribution < 1.29 is 0 Å². The minimum Gasteiger partial charge on any atom is -0.324 e. The van der Waals surface area contributed by atoms with E-state index in [1.807, 2.05) is 13.8 Å². The second-order valence-corrected chi connectivity index (χ2v) is 4.64. The molecule has 1 fully saturated rings. The number of nitrogens with two attached hydrogens (primary N) is 1. The van der Waals surface area contributed by atoms with Crippen molar-refractivity contribution in [2.45, 2.75) is 44.7 Å². The summed E-state index contributed by atoms with van der Waals surface area (Å²) in [7, 11) is 0. The zero-order chi connectivity index (χ0) is 9.90. The Hall–Kier alpha value is -0.590. The number of nitrogens with zero attached hydrogens (tertiary/aromatic N) is 1. The second kappa shape index (κ2) is 4.08. The lowest BCUT2D eigenvalue weighted by Gasteiger charge is -2.23. The predicted molar refractivity (Wildman–Crippen MR) is 53.0 cm³/mol. The summed E-state index contributed by atoms with van der Waals surface area (Å²) in [5.74, 6) is 0.197. The Morgan fingerprint density at radius 3 is 2.77 bits per heavy atom. The number of nitriles is 1. The molecule has 0 aromatic heterocycles. The van der Waals surface area contributed by atoms with Gasteiger partial charge in [0.1, 0.15) is 0 Å². The van der Waals surface area contributed by atoms with Crippen LogP contribution in [0.15, 0.2) is 0 Å². The van der Waals surface area contributed by atoms with Crippen molar-refractivity contribution in [2.24, 2.45) is 11.7 Å². The summed E-state index contributed by atoms with van der Waals surface area (Å²) >= 11 is 0. The van der Waals surface area contributed by atoms with Gasteiger partial charge >= 0.3 is 0 Å². The third-order valence-electron chi connectivity index (χ3n) is 2.50. The lowest BCUT2D eigenvalue weighted by molar-refractivity contribution is 0.393. The molecule has 1 saturated carbocycles. The molecule has 0 bridgehead atoms. The van der Waals surface area contributed by atoms with E-state index < -0.39 is 0 Å². The van der Waals surface area contributed by atoms with Crippen molar-refractivity contribution >= 4 is 0 Å². The fourth-order valence-corrected chi connectivity index (χ4v) is 1.75. The van der Waals surface area contributed by atoms with Gasteiger partial charge in [-0.25, -0.2) is 0 Å². The van der Waals surface area contributed by atoms with Crippen LogP contribution in [0.3, 0.4) is 0 Å². The van der Waals surface area contributed by atoms with Crippen molar-refractivity contribution in [3.05, 3.63) is 0 Å². The summed E-state index contributed by atoms with van der Waals surface area (Å²) < 4.78 is 0. The molecule has 1 rings (SSSR count). The smallest absolute Gasteiger partial charge is 0.0672 e. The fourth-order valence-electron chi connectivity index (χ4n) is 1.75. The lowest BCUT2D eigenvalue weighted by atomic mass is 10.0. The minimum atomic E-state index is -0.178. The molecular formula is C10H19N3. The first kappa shape index (κ1) is 10.5. The van der Waals surface area contributed by atoms with Gasteiger partial charge in [-0.2, -0.15) is 5.26 Å². The van der Waals surface area contributed by atoms with E-state index >= 15 is 0 Å². The predicted octanol–water partition coefficient (Wildman–Crippen LogP) is 1.01. The first-order valence-corrected chi connectivity index (χ1v) is 4.95. The van der Waals surface area contributed by atoms with Gasteiger partial charge in [-0.15, -0.1) is 0 Å². The van der Waals surface area contributed by atoms with Crippen molar-refractivity contribution in [1.82, 2.24) is 5.32 Å². The summed E-state index contributed by atoms with van der Waals surface area (Å²) in [4.78, 5) is 0. The van der Waals surface area contributed by atoms with E-state index in [-0.39, 0.29) is 11.5 Å². The van der Waals surface area contributed by atoms with Crippen LogP contribution in [0, 0.1) is 17.2 Å². The van der Waals surface area contributed by atoms with Gasteiger partial charge < -0.3 is 11.1 Å². The third-order valence-corrected chi connectivity index (χ3v) is 2.50. The molecule has 0 saturated heterocycles. The highest BCUT2D eigenvalue weighted by Crippen LogP contribution is 2.24. The molecule has 0 aromatic rings. The molecule has 0 spiro atoms. The molecule has 3 N–H and O–H groups in total. The van der Waals surface area contributed by atoms with Gasteiger partial charge in [0.25, 0.3) is 0 Å². The maximum absolute atomic E-state index is 8.84. The van der Waals surface area contributed by atoms with Gasteiger partial charge in [-0.1, -0.05) is 6.42 Å². The molecule has 1 aliphatic rings. The topological polar surface area (TPSA) is 61.8 Å². The van der Waals surface area contributed by atoms with Gasteiger partial charge in [0.05, 0.1) is 12.0 Å². The number of hydrogen-bond donors (Lipinski definition) is 2. The van der Waals surface area contributed by atoms with Gasteiger partial charge in [-0.05, 0) is 26.7 Å².